The molecular formula is C21H19FN4O2. The average molecular weight is 378 g/mol. The first-order valence-corrected chi connectivity index (χ1v) is 8.93. The largest absolute Gasteiger partial charge is 0.382 e. The van der Waals surface area contributed by atoms with E-state index >= 15 is 0 Å². The van der Waals surface area contributed by atoms with Crippen LogP contribution in [0, 0.1) is 19.7 Å². The Labute approximate surface area is 161 Å². The van der Waals surface area contributed by atoms with Crippen molar-refractivity contribution in [1.82, 2.24) is 9.78 Å². The topological polar surface area (TPSA) is 68.5 Å². The molecule has 2 heterocycles. The van der Waals surface area contributed by atoms with Gasteiger partial charge in [-0.2, -0.15) is 5.10 Å². The zero-order valence-electron chi connectivity index (χ0n) is 15.5. The molecule has 0 aliphatic carbocycles. The monoisotopic (exact) mass is 378 g/mol. The fourth-order valence-electron chi connectivity index (χ4n) is 3.21. The molecule has 1 atom stereocenters. The number of aryl methyl sites for hydroxylation is 2. The highest BCUT2D eigenvalue weighted by Gasteiger charge is 2.29. The van der Waals surface area contributed by atoms with Crippen molar-refractivity contribution in [2.75, 3.05) is 5.32 Å². The van der Waals surface area contributed by atoms with Crippen LogP contribution < -0.4 is 5.32 Å². The van der Waals surface area contributed by atoms with Gasteiger partial charge in [0, 0.05) is 17.7 Å². The SMILES string of the molecule is Cc1cc(C)n(-c2ccccc2NC(=O)C2CC(c3cccc(F)c3)=NO2)n1. The Balaban J connectivity index is 1.51. The van der Waals surface area contributed by atoms with Crippen molar-refractivity contribution in [2.45, 2.75) is 26.4 Å². The summed E-state index contributed by atoms with van der Waals surface area (Å²) in [5, 5.41) is 11.3. The van der Waals surface area contributed by atoms with Crippen LogP contribution in [0.5, 0.6) is 0 Å². The lowest BCUT2D eigenvalue weighted by molar-refractivity contribution is -0.125. The first kappa shape index (κ1) is 17.9. The van der Waals surface area contributed by atoms with Crippen LogP contribution in [0.1, 0.15) is 23.4 Å². The van der Waals surface area contributed by atoms with Gasteiger partial charge < -0.3 is 10.2 Å². The van der Waals surface area contributed by atoms with Gasteiger partial charge >= 0.3 is 0 Å². The summed E-state index contributed by atoms with van der Waals surface area (Å²) in [5.74, 6) is -0.670. The zero-order valence-corrected chi connectivity index (χ0v) is 15.5. The molecule has 1 unspecified atom stereocenters. The molecule has 0 saturated heterocycles. The van der Waals surface area contributed by atoms with Crippen molar-refractivity contribution in [3.05, 3.63) is 77.4 Å². The van der Waals surface area contributed by atoms with E-state index in [1.54, 1.807) is 16.8 Å². The maximum absolute atomic E-state index is 13.4. The predicted octanol–water partition coefficient (Wildman–Crippen LogP) is 3.76. The van der Waals surface area contributed by atoms with Crippen molar-refractivity contribution < 1.29 is 14.0 Å². The highest BCUT2D eigenvalue weighted by atomic mass is 19.1. The van der Waals surface area contributed by atoms with Crippen LogP contribution in [0.4, 0.5) is 10.1 Å². The lowest BCUT2D eigenvalue weighted by Gasteiger charge is -2.14. The first-order chi connectivity index (χ1) is 13.5. The fraction of sp³-hybridized carbons (Fsp3) is 0.190. The van der Waals surface area contributed by atoms with Gasteiger partial charge in [0.1, 0.15) is 5.82 Å². The number of rotatable bonds is 4. The average Bonchev–Trinajstić information content (AvgIpc) is 3.29. The fourth-order valence-corrected chi connectivity index (χ4v) is 3.21. The van der Waals surface area contributed by atoms with E-state index < -0.39 is 6.10 Å². The van der Waals surface area contributed by atoms with Gasteiger partial charge in [-0.05, 0) is 44.2 Å². The summed E-state index contributed by atoms with van der Waals surface area (Å²) in [7, 11) is 0. The van der Waals surface area contributed by atoms with E-state index in [-0.39, 0.29) is 18.1 Å². The number of anilines is 1. The van der Waals surface area contributed by atoms with E-state index in [1.165, 1.54) is 12.1 Å². The highest BCUT2D eigenvalue weighted by Crippen LogP contribution is 2.24. The number of nitrogens with zero attached hydrogens (tertiary/aromatic N) is 3. The molecule has 4 rings (SSSR count). The third kappa shape index (κ3) is 3.51. The van der Waals surface area contributed by atoms with Crippen LogP contribution in [-0.4, -0.2) is 27.5 Å². The number of hydrogen-bond donors (Lipinski definition) is 1. The highest BCUT2D eigenvalue weighted by molar-refractivity contribution is 6.06. The van der Waals surface area contributed by atoms with Gasteiger partial charge in [-0.3, -0.25) is 4.79 Å². The quantitative estimate of drug-likeness (QED) is 0.752. The molecule has 0 spiro atoms. The normalized spacial score (nSPS) is 15.8. The minimum absolute atomic E-state index is 0.275. The number of hydrogen-bond acceptors (Lipinski definition) is 4. The summed E-state index contributed by atoms with van der Waals surface area (Å²) in [4.78, 5) is 18.0. The molecule has 2 aromatic carbocycles. The molecule has 6 nitrogen and oxygen atoms in total. The molecule has 0 bridgehead atoms. The number of carbonyl (C=O) groups is 1. The molecule has 1 amide bonds. The lowest BCUT2D eigenvalue weighted by Crippen LogP contribution is -2.28. The van der Waals surface area contributed by atoms with E-state index in [0.29, 0.717) is 17.0 Å². The van der Waals surface area contributed by atoms with Crippen molar-refractivity contribution in [3.63, 3.8) is 0 Å². The Hall–Kier alpha value is -3.48. The van der Waals surface area contributed by atoms with Gasteiger partial charge in [0.05, 0.1) is 22.8 Å². The summed E-state index contributed by atoms with van der Waals surface area (Å²) in [5.41, 5.74) is 4.41. The van der Waals surface area contributed by atoms with Crippen molar-refractivity contribution >= 4 is 17.3 Å². The maximum atomic E-state index is 13.4. The Kier molecular flexibility index (Phi) is 4.65. The van der Waals surface area contributed by atoms with Gasteiger partial charge in [0.2, 0.25) is 6.10 Å². The van der Waals surface area contributed by atoms with Crippen LogP contribution in [-0.2, 0) is 9.63 Å². The van der Waals surface area contributed by atoms with Crippen molar-refractivity contribution in [1.29, 1.82) is 0 Å². The summed E-state index contributed by atoms with van der Waals surface area (Å²) in [6, 6.07) is 15.5. The van der Waals surface area contributed by atoms with E-state index in [4.69, 9.17) is 4.84 Å². The van der Waals surface area contributed by atoms with E-state index in [9.17, 15) is 9.18 Å². The second-order valence-corrected chi connectivity index (χ2v) is 6.69. The Morgan fingerprint density at radius 3 is 2.75 bits per heavy atom. The number of carbonyl (C=O) groups excluding carboxylic acids is 1. The van der Waals surface area contributed by atoms with Crippen LogP contribution >= 0.6 is 0 Å². The number of amides is 1. The second-order valence-electron chi connectivity index (χ2n) is 6.69. The molecule has 0 radical (unpaired) electrons. The molecule has 1 aliphatic heterocycles. The molecular weight excluding hydrogens is 359 g/mol. The molecule has 1 aromatic heterocycles. The molecule has 28 heavy (non-hydrogen) atoms. The second kappa shape index (κ2) is 7.26. The molecule has 0 saturated carbocycles. The van der Waals surface area contributed by atoms with Gasteiger partial charge in [-0.1, -0.05) is 29.4 Å². The number of nitrogens with one attached hydrogen (secondary N) is 1. The predicted molar refractivity (Wildman–Crippen MR) is 104 cm³/mol. The van der Waals surface area contributed by atoms with E-state index in [2.05, 4.69) is 15.6 Å². The molecule has 1 aliphatic rings. The summed E-state index contributed by atoms with van der Waals surface area (Å²) in [6.07, 6.45) is -0.496. The lowest BCUT2D eigenvalue weighted by atomic mass is 10.0. The number of para-hydroxylation sites is 2. The molecule has 142 valence electrons. The zero-order chi connectivity index (χ0) is 19.7. The molecule has 1 N–H and O–H groups in total. The standard InChI is InChI=1S/C21H19FN4O2/c1-13-10-14(2)26(24-13)19-9-4-3-8-17(19)23-21(27)20-12-18(25-28-20)15-6-5-7-16(22)11-15/h3-11,20H,12H2,1-2H3,(H,23,27). The van der Waals surface area contributed by atoms with E-state index in [1.807, 2.05) is 44.2 Å². The molecule has 0 fully saturated rings. The van der Waals surface area contributed by atoms with Gasteiger partial charge in [-0.15, -0.1) is 0 Å². The Morgan fingerprint density at radius 1 is 1.18 bits per heavy atom. The van der Waals surface area contributed by atoms with Crippen LogP contribution in [0.3, 0.4) is 0 Å². The Morgan fingerprint density at radius 2 is 2.00 bits per heavy atom. The summed E-state index contributed by atoms with van der Waals surface area (Å²) in [6.45, 7) is 3.88. The van der Waals surface area contributed by atoms with Gasteiger partial charge in [0.25, 0.3) is 5.91 Å². The number of aromatic nitrogens is 2. The molecule has 7 heteroatoms. The van der Waals surface area contributed by atoms with E-state index in [0.717, 1.165) is 17.1 Å². The van der Waals surface area contributed by atoms with Crippen molar-refractivity contribution in [3.8, 4) is 5.69 Å². The summed E-state index contributed by atoms with van der Waals surface area (Å²) >= 11 is 0. The summed E-state index contributed by atoms with van der Waals surface area (Å²) < 4.78 is 15.2. The third-order valence-corrected chi connectivity index (χ3v) is 4.52. The minimum Gasteiger partial charge on any atom is -0.382 e. The van der Waals surface area contributed by atoms with Crippen molar-refractivity contribution in [2.24, 2.45) is 5.16 Å². The van der Waals surface area contributed by atoms with Gasteiger partial charge in [0.15, 0.2) is 0 Å². The third-order valence-electron chi connectivity index (χ3n) is 4.52. The van der Waals surface area contributed by atoms with Gasteiger partial charge in [-0.25, -0.2) is 9.07 Å². The van der Waals surface area contributed by atoms with Crippen LogP contribution in [0.25, 0.3) is 5.69 Å². The number of oxime groups is 1. The Bertz CT molecular complexity index is 1070. The van der Waals surface area contributed by atoms with Crippen LogP contribution in [0.15, 0.2) is 59.8 Å². The maximum Gasteiger partial charge on any atom is 0.268 e. The van der Waals surface area contributed by atoms with Crippen LogP contribution in [0.2, 0.25) is 0 Å². The number of benzene rings is 2. The first-order valence-electron chi connectivity index (χ1n) is 8.93. The smallest absolute Gasteiger partial charge is 0.268 e. The molecule has 3 aromatic rings. The minimum atomic E-state index is -0.772. The number of halogens is 1.